The van der Waals surface area contributed by atoms with Gasteiger partial charge in [0.05, 0.1) is 0 Å². The molecule has 0 spiro atoms. The average Bonchev–Trinajstić information content (AvgIpc) is 2.30. The van der Waals surface area contributed by atoms with E-state index >= 15 is 0 Å². The number of hydrogen-bond donors (Lipinski definition) is 0. The van der Waals surface area contributed by atoms with Crippen LogP contribution in [0.1, 0.15) is 13.8 Å². The van der Waals surface area contributed by atoms with Crippen LogP contribution in [0.4, 0.5) is 0 Å². The van der Waals surface area contributed by atoms with E-state index in [-0.39, 0.29) is 12.1 Å². The maximum absolute atomic E-state index is 10.6. The van der Waals surface area contributed by atoms with Gasteiger partial charge in [-0.1, -0.05) is 18.1 Å². The second-order valence-electron chi connectivity index (χ2n) is 2.97. The van der Waals surface area contributed by atoms with Crippen molar-refractivity contribution in [3.05, 3.63) is 24.3 Å². The largest absolute Gasteiger partial charge is 0.459 e. The number of terminal acetylenes is 1. The Kier molecular flexibility index (Phi) is 9.03. The summed E-state index contributed by atoms with van der Waals surface area (Å²) in [4.78, 5) is 10.6. The third-order valence-electron chi connectivity index (χ3n) is 1.42. The second-order valence-corrected chi connectivity index (χ2v) is 2.97. The van der Waals surface area contributed by atoms with Crippen molar-refractivity contribution in [2.24, 2.45) is 0 Å². The summed E-state index contributed by atoms with van der Waals surface area (Å²) >= 11 is 0. The van der Waals surface area contributed by atoms with E-state index in [0.29, 0.717) is 0 Å². The van der Waals surface area contributed by atoms with Crippen LogP contribution in [0.3, 0.4) is 0 Å². The van der Waals surface area contributed by atoms with Gasteiger partial charge in [0, 0.05) is 6.92 Å². The number of allylic oxidation sites excluding steroid dienone is 3. The van der Waals surface area contributed by atoms with Gasteiger partial charge < -0.3 is 4.74 Å². The lowest BCUT2D eigenvalue weighted by molar-refractivity contribution is -0.143. The molecule has 0 heterocycles. The van der Waals surface area contributed by atoms with Crippen molar-refractivity contribution < 1.29 is 9.53 Å². The first-order valence-electron chi connectivity index (χ1n) is 5.13. The Morgan fingerprint density at radius 2 is 1.83 bits per heavy atom. The van der Waals surface area contributed by atoms with E-state index in [1.807, 2.05) is 0 Å². The number of hydrogen-bond acceptors (Lipinski definition) is 2. The number of carbonyl (C=O) groups excluding carboxylic acids is 1. The highest BCUT2D eigenvalue weighted by Gasteiger charge is 1.97. The minimum atomic E-state index is -0.306. The Balaban J connectivity index is 4.08. The first-order valence-corrected chi connectivity index (χ1v) is 5.13. The van der Waals surface area contributed by atoms with Crippen molar-refractivity contribution >= 4 is 5.97 Å². The summed E-state index contributed by atoms with van der Waals surface area (Å²) in [6.45, 7) is 3.14. The summed E-state index contributed by atoms with van der Waals surface area (Å²) in [5, 5.41) is 0. The third-order valence-corrected chi connectivity index (χ3v) is 1.42. The van der Waals surface area contributed by atoms with Crippen LogP contribution in [-0.4, -0.2) is 12.1 Å². The number of carbonyl (C=O) groups is 1. The molecule has 0 aromatic rings. The summed E-state index contributed by atoms with van der Waals surface area (Å²) < 4.78 is 4.88. The zero-order chi connectivity index (χ0) is 13.6. The van der Waals surface area contributed by atoms with Gasteiger partial charge >= 0.3 is 5.97 Å². The van der Waals surface area contributed by atoms with E-state index in [1.54, 1.807) is 31.2 Å². The zero-order valence-electron chi connectivity index (χ0n) is 10.3. The Labute approximate surface area is 108 Å². The third kappa shape index (κ3) is 11.3. The molecule has 0 aliphatic rings. The SMILES string of the molecule is C#CC#CC#CC#C/C=C/C=C/[C@H](C)OC(C)=O. The number of ether oxygens (including phenoxy) is 1. The molecule has 0 aliphatic heterocycles. The monoisotopic (exact) mass is 236 g/mol. The lowest BCUT2D eigenvalue weighted by Crippen LogP contribution is -2.08. The highest BCUT2D eigenvalue weighted by Crippen LogP contribution is 1.93. The van der Waals surface area contributed by atoms with Crippen molar-refractivity contribution in [1.29, 1.82) is 0 Å². The number of rotatable bonds is 3. The van der Waals surface area contributed by atoms with Gasteiger partial charge in [0.15, 0.2) is 0 Å². The second kappa shape index (κ2) is 10.7. The fourth-order valence-electron chi connectivity index (χ4n) is 0.833. The molecule has 1 atom stereocenters. The van der Waals surface area contributed by atoms with Crippen molar-refractivity contribution in [2.75, 3.05) is 0 Å². The maximum Gasteiger partial charge on any atom is 0.303 e. The van der Waals surface area contributed by atoms with Crippen LogP contribution < -0.4 is 0 Å². The average molecular weight is 236 g/mol. The smallest absolute Gasteiger partial charge is 0.303 e. The molecule has 0 bridgehead atoms. The Hall–Kier alpha value is -2.81. The topological polar surface area (TPSA) is 26.3 Å². The molecule has 0 aliphatic carbocycles. The quantitative estimate of drug-likeness (QED) is 0.423. The Morgan fingerprint density at radius 1 is 1.17 bits per heavy atom. The van der Waals surface area contributed by atoms with Gasteiger partial charge in [-0.2, -0.15) is 0 Å². The maximum atomic E-state index is 10.6. The molecule has 0 rings (SSSR count). The molecule has 0 fully saturated rings. The van der Waals surface area contributed by atoms with E-state index < -0.39 is 0 Å². The minimum absolute atomic E-state index is 0.251. The van der Waals surface area contributed by atoms with Crippen molar-refractivity contribution in [3.63, 3.8) is 0 Å². The molecule has 0 aromatic carbocycles. The fourth-order valence-corrected chi connectivity index (χ4v) is 0.833. The predicted octanol–water partition coefficient (Wildman–Crippen LogP) is 1.69. The lowest BCUT2D eigenvalue weighted by atomic mass is 10.3. The fraction of sp³-hybridized carbons (Fsp3) is 0.188. The molecule has 2 nitrogen and oxygen atoms in total. The van der Waals surface area contributed by atoms with Crippen molar-refractivity contribution in [1.82, 2.24) is 0 Å². The molecule has 0 amide bonds. The molecular formula is C16H12O2. The summed E-state index contributed by atoms with van der Waals surface area (Å²) in [5.41, 5.74) is 0. The lowest BCUT2D eigenvalue weighted by Gasteiger charge is -2.04. The number of esters is 1. The molecular weight excluding hydrogens is 224 g/mol. The molecule has 0 unspecified atom stereocenters. The van der Waals surface area contributed by atoms with E-state index in [2.05, 4.69) is 41.4 Å². The molecule has 0 aromatic heterocycles. The molecule has 0 saturated carbocycles. The van der Waals surface area contributed by atoms with E-state index in [1.165, 1.54) is 6.92 Å². The first kappa shape index (κ1) is 15.2. The molecule has 18 heavy (non-hydrogen) atoms. The molecule has 88 valence electrons. The standard InChI is InChI=1S/C16H12O2/c1-4-5-6-7-8-9-10-11-12-13-14-15(2)18-16(3)17/h1,11-15H,2-3H3/b12-11+,14-13+/t15-/m0/s1. The summed E-state index contributed by atoms with van der Waals surface area (Å²) in [5.74, 6) is 16.9. The van der Waals surface area contributed by atoms with Gasteiger partial charge in [0.25, 0.3) is 0 Å². The van der Waals surface area contributed by atoms with Crippen LogP contribution in [0.5, 0.6) is 0 Å². The summed E-state index contributed by atoms with van der Waals surface area (Å²) in [7, 11) is 0. The predicted molar refractivity (Wildman–Crippen MR) is 71.7 cm³/mol. The Bertz CT molecular complexity index is 552. The van der Waals surface area contributed by atoms with Crippen LogP contribution in [0, 0.1) is 47.9 Å². The highest BCUT2D eigenvalue weighted by molar-refractivity contribution is 5.66. The van der Waals surface area contributed by atoms with Crippen LogP contribution in [-0.2, 0) is 9.53 Å². The van der Waals surface area contributed by atoms with Gasteiger partial charge in [-0.25, -0.2) is 0 Å². The minimum Gasteiger partial charge on any atom is -0.459 e. The molecule has 0 N–H and O–H groups in total. The van der Waals surface area contributed by atoms with E-state index in [0.717, 1.165) is 0 Å². The van der Waals surface area contributed by atoms with Crippen LogP contribution >= 0.6 is 0 Å². The van der Waals surface area contributed by atoms with Crippen molar-refractivity contribution in [2.45, 2.75) is 20.0 Å². The van der Waals surface area contributed by atoms with Crippen LogP contribution in [0.25, 0.3) is 0 Å². The zero-order valence-corrected chi connectivity index (χ0v) is 10.3. The molecule has 0 radical (unpaired) electrons. The summed E-state index contributed by atoms with van der Waals surface area (Å²) in [6, 6.07) is 0. The summed E-state index contributed by atoms with van der Waals surface area (Å²) in [6.07, 6.45) is 11.5. The van der Waals surface area contributed by atoms with Gasteiger partial charge in [-0.3, -0.25) is 4.79 Å². The van der Waals surface area contributed by atoms with Gasteiger partial charge in [0.1, 0.15) is 6.10 Å². The van der Waals surface area contributed by atoms with Crippen LogP contribution in [0.2, 0.25) is 0 Å². The van der Waals surface area contributed by atoms with E-state index in [9.17, 15) is 4.79 Å². The highest BCUT2D eigenvalue weighted by atomic mass is 16.5. The normalized spacial score (nSPS) is 10.1. The molecule has 0 saturated heterocycles. The Morgan fingerprint density at radius 3 is 2.50 bits per heavy atom. The van der Waals surface area contributed by atoms with Crippen LogP contribution in [0.15, 0.2) is 24.3 Å². The van der Waals surface area contributed by atoms with Gasteiger partial charge in [0.2, 0.25) is 0 Å². The van der Waals surface area contributed by atoms with Gasteiger partial charge in [-0.15, -0.1) is 6.42 Å². The molecule has 2 heteroatoms. The first-order chi connectivity index (χ1) is 8.66. The van der Waals surface area contributed by atoms with Gasteiger partial charge in [-0.05, 0) is 54.6 Å². The van der Waals surface area contributed by atoms with Crippen molar-refractivity contribution in [3.8, 4) is 47.9 Å². The van der Waals surface area contributed by atoms with E-state index in [4.69, 9.17) is 11.2 Å².